The van der Waals surface area contributed by atoms with Crippen molar-refractivity contribution in [2.24, 2.45) is 0 Å². The summed E-state index contributed by atoms with van der Waals surface area (Å²) in [5.74, 6) is 1.65. The van der Waals surface area contributed by atoms with E-state index in [2.05, 4.69) is 22.1 Å². The Balaban J connectivity index is 1.46. The summed E-state index contributed by atoms with van der Waals surface area (Å²) in [6, 6.07) is 8.19. The summed E-state index contributed by atoms with van der Waals surface area (Å²) in [5.41, 5.74) is 3.14. The first-order valence-corrected chi connectivity index (χ1v) is 9.09. The molecule has 0 saturated heterocycles. The van der Waals surface area contributed by atoms with Gasteiger partial charge in [0.15, 0.2) is 11.5 Å². The number of aryl methyl sites for hydroxylation is 1. The lowest BCUT2D eigenvalue weighted by Crippen LogP contribution is -2.23. The van der Waals surface area contributed by atoms with E-state index in [1.807, 2.05) is 35.8 Å². The van der Waals surface area contributed by atoms with Crippen molar-refractivity contribution in [3.8, 4) is 11.5 Å². The van der Waals surface area contributed by atoms with Crippen molar-refractivity contribution in [1.29, 1.82) is 0 Å². The van der Waals surface area contributed by atoms with E-state index in [-0.39, 0.29) is 0 Å². The molecule has 2 aliphatic heterocycles. The number of hydrogen-bond acceptors (Lipinski definition) is 6. The second kappa shape index (κ2) is 7.26. The zero-order valence-electron chi connectivity index (χ0n) is 15.4. The fraction of sp³-hybridized carbons (Fsp3) is 0.526. The lowest BCUT2D eigenvalue weighted by Gasteiger charge is -2.19. The Labute approximate surface area is 153 Å². The quantitative estimate of drug-likeness (QED) is 0.876. The summed E-state index contributed by atoms with van der Waals surface area (Å²) in [7, 11) is 3.91. The highest BCUT2D eigenvalue weighted by atomic mass is 16.7. The monoisotopic (exact) mass is 358 g/mol. The van der Waals surface area contributed by atoms with Crippen LogP contribution in [-0.2, 0) is 19.6 Å². The normalized spacial score (nSPS) is 18.0. The standard InChI is InChI=1S/C19H26N4O3/c1-21(2)12-17(24)16-9-15-11-22(6-3-7-23(15)20-16)10-14-4-5-18-19(8-14)26-13-25-18/h4-5,8-9,17,24H,3,6-7,10-13H2,1-2H3. The van der Waals surface area contributed by atoms with Crippen LogP contribution in [0.15, 0.2) is 24.3 Å². The average molecular weight is 358 g/mol. The van der Waals surface area contributed by atoms with E-state index in [1.54, 1.807) is 0 Å². The summed E-state index contributed by atoms with van der Waals surface area (Å²) in [5, 5.41) is 15.0. The van der Waals surface area contributed by atoms with E-state index >= 15 is 0 Å². The molecule has 0 saturated carbocycles. The average Bonchev–Trinajstić information content (AvgIpc) is 3.17. The predicted octanol–water partition coefficient (Wildman–Crippen LogP) is 1.61. The van der Waals surface area contributed by atoms with Crippen LogP contribution in [0.25, 0.3) is 0 Å². The van der Waals surface area contributed by atoms with Gasteiger partial charge in [-0.2, -0.15) is 5.10 Å². The van der Waals surface area contributed by atoms with Gasteiger partial charge in [0.25, 0.3) is 0 Å². The largest absolute Gasteiger partial charge is 0.454 e. The minimum absolute atomic E-state index is 0.305. The van der Waals surface area contributed by atoms with Crippen LogP contribution in [-0.4, -0.2) is 58.7 Å². The number of fused-ring (bicyclic) bond motifs is 2. The maximum Gasteiger partial charge on any atom is 0.231 e. The SMILES string of the molecule is CN(C)CC(O)c1cc2n(n1)CCCN(Cc1ccc3c(c1)OCO3)C2. The highest BCUT2D eigenvalue weighted by molar-refractivity contribution is 5.44. The third kappa shape index (κ3) is 3.70. The molecular formula is C19H26N4O3. The molecule has 0 bridgehead atoms. The van der Waals surface area contributed by atoms with Gasteiger partial charge >= 0.3 is 0 Å². The topological polar surface area (TPSA) is 63.0 Å². The van der Waals surface area contributed by atoms with Gasteiger partial charge in [-0.05, 0) is 44.3 Å². The molecule has 2 aromatic rings. The molecule has 1 N–H and O–H groups in total. The molecule has 4 rings (SSSR count). The Morgan fingerprint density at radius 3 is 2.88 bits per heavy atom. The Morgan fingerprint density at radius 2 is 2.04 bits per heavy atom. The van der Waals surface area contributed by atoms with Crippen LogP contribution in [0, 0.1) is 0 Å². The molecule has 7 heteroatoms. The molecule has 0 radical (unpaired) electrons. The number of nitrogens with zero attached hydrogens (tertiary/aromatic N) is 4. The van der Waals surface area contributed by atoms with Gasteiger partial charge in [-0.3, -0.25) is 9.58 Å². The van der Waals surface area contributed by atoms with Gasteiger partial charge in [0.1, 0.15) is 6.10 Å². The first-order chi connectivity index (χ1) is 12.6. The van der Waals surface area contributed by atoms with Crippen LogP contribution in [0.4, 0.5) is 0 Å². The van der Waals surface area contributed by atoms with Crippen molar-refractivity contribution >= 4 is 0 Å². The van der Waals surface area contributed by atoms with E-state index in [9.17, 15) is 5.11 Å². The number of aromatic nitrogens is 2. The molecule has 0 spiro atoms. The maximum absolute atomic E-state index is 10.3. The van der Waals surface area contributed by atoms with Gasteiger partial charge in [0, 0.05) is 32.7 Å². The fourth-order valence-electron chi connectivity index (χ4n) is 3.59. The van der Waals surface area contributed by atoms with Crippen LogP contribution in [0.2, 0.25) is 0 Å². The summed E-state index contributed by atoms with van der Waals surface area (Å²) in [6.07, 6.45) is 0.495. The minimum atomic E-state index is -0.549. The summed E-state index contributed by atoms with van der Waals surface area (Å²) < 4.78 is 12.9. The Kier molecular flexibility index (Phi) is 4.84. The molecule has 3 heterocycles. The van der Waals surface area contributed by atoms with Gasteiger partial charge in [-0.25, -0.2) is 0 Å². The number of rotatable bonds is 5. The highest BCUT2D eigenvalue weighted by Crippen LogP contribution is 2.33. The second-order valence-corrected chi connectivity index (χ2v) is 7.31. The van der Waals surface area contributed by atoms with Crippen molar-refractivity contribution < 1.29 is 14.6 Å². The third-order valence-corrected chi connectivity index (χ3v) is 4.83. The summed E-state index contributed by atoms with van der Waals surface area (Å²) in [4.78, 5) is 4.39. The third-order valence-electron chi connectivity index (χ3n) is 4.83. The number of ether oxygens (including phenoxy) is 2. The van der Waals surface area contributed by atoms with Crippen molar-refractivity contribution in [3.05, 3.63) is 41.2 Å². The maximum atomic E-state index is 10.3. The molecule has 0 aliphatic carbocycles. The van der Waals surface area contributed by atoms with Crippen LogP contribution in [0.5, 0.6) is 11.5 Å². The first kappa shape index (κ1) is 17.3. The molecule has 0 amide bonds. The Hall–Kier alpha value is -2.09. The van der Waals surface area contributed by atoms with Gasteiger partial charge in [-0.1, -0.05) is 6.07 Å². The molecular weight excluding hydrogens is 332 g/mol. The zero-order chi connectivity index (χ0) is 18.1. The second-order valence-electron chi connectivity index (χ2n) is 7.31. The molecule has 26 heavy (non-hydrogen) atoms. The smallest absolute Gasteiger partial charge is 0.231 e. The van der Waals surface area contributed by atoms with Crippen molar-refractivity contribution in [3.63, 3.8) is 0 Å². The van der Waals surface area contributed by atoms with Crippen LogP contribution < -0.4 is 9.47 Å². The number of benzene rings is 1. The van der Waals surface area contributed by atoms with E-state index in [4.69, 9.17) is 9.47 Å². The Bertz CT molecular complexity index is 774. The predicted molar refractivity (Wildman–Crippen MR) is 97.0 cm³/mol. The van der Waals surface area contributed by atoms with Crippen LogP contribution in [0.3, 0.4) is 0 Å². The Morgan fingerprint density at radius 1 is 1.19 bits per heavy atom. The summed E-state index contributed by atoms with van der Waals surface area (Å²) >= 11 is 0. The van der Waals surface area contributed by atoms with Gasteiger partial charge in [-0.15, -0.1) is 0 Å². The van der Waals surface area contributed by atoms with E-state index in [0.717, 1.165) is 55.5 Å². The lowest BCUT2D eigenvalue weighted by molar-refractivity contribution is 0.133. The fourth-order valence-corrected chi connectivity index (χ4v) is 3.59. The van der Waals surface area contributed by atoms with Gasteiger partial charge in [0.05, 0.1) is 11.4 Å². The molecule has 140 valence electrons. The van der Waals surface area contributed by atoms with Crippen LogP contribution >= 0.6 is 0 Å². The molecule has 1 aromatic carbocycles. The molecule has 1 atom stereocenters. The van der Waals surface area contributed by atoms with E-state index in [1.165, 1.54) is 5.56 Å². The lowest BCUT2D eigenvalue weighted by atomic mass is 10.1. The summed E-state index contributed by atoms with van der Waals surface area (Å²) in [6.45, 7) is 4.49. The molecule has 2 aliphatic rings. The number of aliphatic hydroxyl groups is 1. The first-order valence-electron chi connectivity index (χ1n) is 9.09. The van der Waals surface area contributed by atoms with Crippen LogP contribution in [0.1, 0.15) is 29.5 Å². The molecule has 1 unspecified atom stereocenters. The number of likely N-dealkylation sites (N-methyl/N-ethyl adjacent to an activating group) is 1. The van der Waals surface area contributed by atoms with E-state index in [0.29, 0.717) is 13.3 Å². The number of hydrogen-bond donors (Lipinski definition) is 1. The van der Waals surface area contributed by atoms with Gasteiger partial charge in [0.2, 0.25) is 6.79 Å². The number of aliphatic hydroxyl groups excluding tert-OH is 1. The minimum Gasteiger partial charge on any atom is -0.454 e. The zero-order valence-corrected chi connectivity index (χ0v) is 15.4. The molecule has 7 nitrogen and oxygen atoms in total. The van der Waals surface area contributed by atoms with E-state index < -0.39 is 6.10 Å². The highest BCUT2D eigenvalue weighted by Gasteiger charge is 2.21. The molecule has 1 aromatic heterocycles. The van der Waals surface area contributed by atoms with Crippen molar-refractivity contribution in [2.75, 3.05) is 34.0 Å². The van der Waals surface area contributed by atoms with Crippen molar-refractivity contribution in [2.45, 2.75) is 32.2 Å². The van der Waals surface area contributed by atoms with Gasteiger partial charge < -0.3 is 19.5 Å². The van der Waals surface area contributed by atoms with Crippen molar-refractivity contribution in [1.82, 2.24) is 19.6 Å². The molecule has 0 fully saturated rings.